The number of benzene rings is 1. The zero-order valence-electron chi connectivity index (χ0n) is 8.75. The van der Waals surface area contributed by atoms with Gasteiger partial charge in [-0.1, -0.05) is 42.0 Å². The molecule has 0 spiro atoms. The Morgan fingerprint density at radius 2 is 1.71 bits per heavy atom. The van der Waals surface area contributed by atoms with Gasteiger partial charge in [-0.15, -0.1) is 0 Å². The van der Waals surface area contributed by atoms with E-state index >= 15 is 0 Å². The van der Waals surface area contributed by atoms with Crippen LogP contribution in [-0.4, -0.2) is 0 Å². The van der Waals surface area contributed by atoms with Gasteiger partial charge in [-0.05, 0) is 43.4 Å². The SMILES string of the molecule is CC1=C[CH]CC(c2ccccc2)=C1C. The fourth-order valence-corrected chi connectivity index (χ4v) is 1.84. The van der Waals surface area contributed by atoms with Crippen molar-refractivity contribution in [2.24, 2.45) is 0 Å². The highest BCUT2D eigenvalue weighted by Gasteiger charge is 2.10. The van der Waals surface area contributed by atoms with Crippen molar-refractivity contribution in [1.82, 2.24) is 0 Å². The lowest BCUT2D eigenvalue weighted by atomic mass is 9.88. The summed E-state index contributed by atoms with van der Waals surface area (Å²) in [6.07, 6.45) is 5.51. The fourth-order valence-electron chi connectivity index (χ4n) is 1.84. The maximum atomic E-state index is 2.24. The summed E-state index contributed by atoms with van der Waals surface area (Å²) >= 11 is 0. The van der Waals surface area contributed by atoms with E-state index in [0.29, 0.717) is 0 Å². The lowest BCUT2D eigenvalue weighted by Crippen LogP contribution is -1.96. The van der Waals surface area contributed by atoms with E-state index in [1.807, 2.05) is 0 Å². The van der Waals surface area contributed by atoms with E-state index in [1.54, 1.807) is 0 Å². The largest absolute Gasteiger partial charge is 0.0773 e. The Hall–Kier alpha value is -1.30. The summed E-state index contributed by atoms with van der Waals surface area (Å²) in [7, 11) is 0. The van der Waals surface area contributed by atoms with E-state index in [2.05, 4.69) is 56.7 Å². The van der Waals surface area contributed by atoms with Crippen LogP contribution in [0.15, 0.2) is 47.6 Å². The van der Waals surface area contributed by atoms with Gasteiger partial charge in [0.25, 0.3) is 0 Å². The van der Waals surface area contributed by atoms with Crippen molar-refractivity contribution < 1.29 is 0 Å². The molecule has 0 heteroatoms. The van der Waals surface area contributed by atoms with Crippen LogP contribution in [0.1, 0.15) is 25.8 Å². The minimum atomic E-state index is 1.06. The van der Waals surface area contributed by atoms with Crippen LogP contribution in [0.3, 0.4) is 0 Å². The third kappa shape index (κ3) is 1.65. The predicted molar refractivity (Wildman–Crippen MR) is 61.7 cm³/mol. The molecule has 0 nitrogen and oxygen atoms in total. The van der Waals surface area contributed by atoms with Crippen LogP contribution >= 0.6 is 0 Å². The second kappa shape index (κ2) is 3.83. The Balaban J connectivity index is 2.44. The lowest BCUT2D eigenvalue weighted by Gasteiger charge is -2.17. The minimum Gasteiger partial charge on any atom is -0.0773 e. The highest BCUT2D eigenvalue weighted by Crippen LogP contribution is 2.31. The predicted octanol–water partition coefficient (Wildman–Crippen LogP) is 4.01. The van der Waals surface area contributed by atoms with Crippen molar-refractivity contribution in [2.45, 2.75) is 20.3 Å². The first-order valence-corrected chi connectivity index (χ1v) is 5.04. The molecule has 0 N–H and O–H groups in total. The third-order valence-electron chi connectivity index (χ3n) is 2.86. The Morgan fingerprint density at radius 1 is 1.00 bits per heavy atom. The molecule has 14 heavy (non-hydrogen) atoms. The average Bonchev–Trinajstić information content (AvgIpc) is 2.23. The third-order valence-corrected chi connectivity index (χ3v) is 2.86. The molecule has 0 saturated carbocycles. The van der Waals surface area contributed by atoms with Crippen LogP contribution in [0, 0.1) is 6.42 Å². The molecule has 1 aromatic rings. The summed E-state index contributed by atoms with van der Waals surface area (Å²) in [5.74, 6) is 0. The Labute approximate surface area is 86.0 Å². The van der Waals surface area contributed by atoms with Crippen LogP contribution in [-0.2, 0) is 0 Å². The van der Waals surface area contributed by atoms with Gasteiger partial charge >= 0.3 is 0 Å². The number of hydrogen-bond acceptors (Lipinski definition) is 0. The molecule has 1 aliphatic rings. The molecule has 0 amide bonds. The summed E-state index contributed by atoms with van der Waals surface area (Å²) in [5.41, 5.74) is 5.63. The van der Waals surface area contributed by atoms with Crippen molar-refractivity contribution in [2.75, 3.05) is 0 Å². The lowest BCUT2D eigenvalue weighted by molar-refractivity contribution is 1.18. The van der Waals surface area contributed by atoms with Crippen molar-refractivity contribution >= 4 is 5.57 Å². The van der Waals surface area contributed by atoms with Crippen LogP contribution in [0.4, 0.5) is 0 Å². The van der Waals surface area contributed by atoms with E-state index in [4.69, 9.17) is 0 Å². The second-order valence-corrected chi connectivity index (χ2v) is 3.76. The van der Waals surface area contributed by atoms with E-state index < -0.39 is 0 Å². The molecule has 0 fully saturated rings. The molecule has 1 aromatic carbocycles. The molecule has 0 heterocycles. The van der Waals surface area contributed by atoms with Gasteiger partial charge in [-0.2, -0.15) is 0 Å². The standard InChI is InChI=1S/C14H15/c1-11-7-6-10-14(12(11)2)13-8-4-3-5-9-13/h3-9H,10H2,1-2H3. The molecule has 0 atom stereocenters. The Bertz CT molecular complexity index is 380. The Kier molecular flexibility index (Phi) is 2.53. The first-order valence-electron chi connectivity index (χ1n) is 5.04. The van der Waals surface area contributed by atoms with Gasteiger partial charge < -0.3 is 0 Å². The summed E-state index contributed by atoms with van der Waals surface area (Å²) < 4.78 is 0. The average molecular weight is 183 g/mol. The molecule has 1 radical (unpaired) electrons. The first-order chi connectivity index (χ1) is 6.79. The zero-order valence-corrected chi connectivity index (χ0v) is 8.75. The van der Waals surface area contributed by atoms with E-state index in [1.165, 1.54) is 22.3 Å². The van der Waals surface area contributed by atoms with Crippen molar-refractivity contribution in [3.8, 4) is 0 Å². The fraction of sp³-hybridized carbons (Fsp3) is 0.214. The summed E-state index contributed by atoms with van der Waals surface area (Å²) in [6.45, 7) is 4.38. The first kappa shape index (κ1) is 9.26. The van der Waals surface area contributed by atoms with E-state index in [0.717, 1.165) is 6.42 Å². The van der Waals surface area contributed by atoms with Gasteiger partial charge in [-0.25, -0.2) is 0 Å². The van der Waals surface area contributed by atoms with Gasteiger partial charge in [-0.3, -0.25) is 0 Å². The molecule has 0 bridgehead atoms. The molecule has 0 aliphatic heterocycles. The van der Waals surface area contributed by atoms with Gasteiger partial charge in [0.05, 0.1) is 0 Å². The molecule has 0 unspecified atom stereocenters. The topological polar surface area (TPSA) is 0 Å². The molecular weight excluding hydrogens is 168 g/mol. The highest BCUT2D eigenvalue weighted by atomic mass is 14.1. The summed E-state index contributed by atoms with van der Waals surface area (Å²) in [6, 6.07) is 10.6. The zero-order chi connectivity index (χ0) is 9.97. The number of allylic oxidation sites excluding steroid dienone is 4. The number of hydrogen-bond donors (Lipinski definition) is 0. The molecular formula is C14H15. The molecule has 0 saturated heterocycles. The second-order valence-electron chi connectivity index (χ2n) is 3.76. The van der Waals surface area contributed by atoms with Crippen LogP contribution < -0.4 is 0 Å². The maximum absolute atomic E-state index is 2.24. The maximum Gasteiger partial charge on any atom is -0.0120 e. The van der Waals surface area contributed by atoms with Crippen LogP contribution in [0.2, 0.25) is 0 Å². The summed E-state index contributed by atoms with van der Waals surface area (Å²) in [4.78, 5) is 0. The van der Waals surface area contributed by atoms with Crippen molar-refractivity contribution in [3.05, 3.63) is 59.5 Å². The van der Waals surface area contributed by atoms with Gasteiger partial charge in [0, 0.05) is 0 Å². The van der Waals surface area contributed by atoms with Gasteiger partial charge in [0.2, 0.25) is 0 Å². The smallest absolute Gasteiger partial charge is 0.0120 e. The van der Waals surface area contributed by atoms with Crippen LogP contribution in [0.5, 0.6) is 0 Å². The molecule has 0 aromatic heterocycles. The van der Waals surface area contributed by atoms with Crippen molar-refractivity contribution in [3.63, 3.8) is 0 Å². The molecule has 2 rings (SSSR count). The molecule has 1 aliphatic carbocycles. The van der Waals surface area contributed by atoms with E-state index in [-0.39, 0.29) is 0 Å². The molecule has 71 valence electrons. The van der Waals surface area contributed by atoms with Gasteiger partial charge in [0.15, 0.2) is 0 Å². The highest BCUT2D eigenvalue weighted by molar-refractivity contribution is 5.74. The number of rotatable bonds is 1. The van der Waals surface area contributed by atoms with Crippen LogP contribution in [0.25, 0.3) is 5.57 Å². The Morgan fingerprint density at radius 3 is 2.43 bits per heavy atom. The normalized spacial score (nSPS) is 16.9. The quantitative estimate of drug-likeness (QED) is 0.617. The summed E-state index contributed by atoms with van der Waals surface area (Å²) in [5, 5.41) is 0. The monoisotopic (exact) mass is 183 g/mol. The van der Waals surface area contributed by atoms with Gasteiger partial charge in [0.1, 0.15) is 0 Å². The minimum absolute atomic E-state index is 1.06. The van der Waals surface area contributed by atoms with Crippen molar-refractivity contribution in [1.29, 1.82) is 0 Å². The van der Waals surface area contributed by atoms with E-state index in [9.17, 15) is 0 Å².